The Labute approximate surface area is 189 Å². The number of hydrogen-bond donors (Lipinski definition) is 0. The molecule has 4 nitrogen and oxygen atoms in total. The molecule has 1 fully saturated rings. The molecule has 3 aromatic rings. The lowest BCUT2D eigenvalue weighted by Crippen LogP contribution is -2.35. The molecule has 2 aliphatic rings. The van der Waals surface area contributed by atoms with Gasteiger partial charge in [0.05, 0.1) is 24.6 Å². The molecule has 0 aliphatic carbocycles. The molecule has 0 N–H and O–H groups in total. The summed E-state index contributed by atoms with van der Waals surface area (Å²) in [5, 5.41) is 0. The van der Waals surface area contributed by atoms with Crippen molar-refractivity contribution in [3.05, 3.63) is 95.1 Å². The summed E-state index contributed by atoms with van der Waals surface area (Å²) in [6.45, 7) is 4.41. The van der Waals surface area contributed by atoms with E-state index in [1.807, 2.05) is 29.2 Å². The van der Waals surface area contributed by atoms with Gasteiger partial charge in [-0.1, -0.05) is 48.5 Å². The van der Waals surface area contributed by atoms with Gasteiger partial charge in [-0.05, 0) is 53.8 Å². The summed E-state index contributed by atoms with van der Waals surface area (Å²) in [6.07, 6.45) is 1.88. The molecule has 0 atom stereocenters. The standard InChI is InChI=1S/C26H26N2O2.ClH/c29-26(23-11-9-20(10-12-23)19-27-15-17-30-18-16-27)28-24-7-3-1-5-21(24)13-14-22-6-2-4-8-25(22)28;/h1-12H,13-19H2;1H. The number of para-hydroxylation sites is 2. The minimum atomic E-state index is 0. The summed E-state index contributed by atoms with van der Waals surface area (Å²) in [7, 11) is 0. The summed E-state index contributed by atoms with van der Waals surface area (Å²) in [4.78, 5) is 18.0. The van der Waals surface area contributed by atoms with Gasteiger partial charge >= 0.3 is 0 Å². The number of halogens is 1. The summed E-state index contributed by atoms with van der Waals surface area (Å²) >= 11 is 0. The van der Waals surface area contributed by atoms with Crippen molar-refractivity contribution < 1.29 is 9.53 Å². The van der Waals surface area contributed by atoms with Gasteiger partial charge in [0, 0.05) is 25.2 Å². The lowest BCUT2D eigenvalue weighted by molar-refractivity contribution is 0.0342. The monoisotopic (exact) mass is 434 g/mol. The van der Waals surface area contributed by atoms with Crippen molar-refractivity contribution in [2.75, 3.05) is 31.2 Å². The first-order valence-electron chi connectivity index (χ1n) is 10.7. The van der Waals surface area contributed by atoms with Gasteiger partial charge in [-0.3, -0.25) is 14.6 Å². The van der Waals surface area contributed by atoms with Crippen molar-refractivity contribution in [2.45, 2.75) is 19.4 Å². The minimum Gasteiger partial charge on any atom is -0.379 e. The minimum absolute atomic E-state index is 0. The van der Waals surface area contributed by atoms with Gasteiger partial charge < -0.3 is 4.74 Å². The Hall–Kier alpha value is -2.66. The third-order valence-corrected chi connectivity index (χ3v) is 6.04. The van der Waals surface area contributed by atoms with Gasteiger partial charge in [0.25, 0.3) is 5.91 Å². The average molecular weight is 435 g/mol. The highest BCUT2D eigenvalue weighted by molar-refractivity contribution is 6.12. The highest BCUT2D eigenvalue weighted by Gasteiger charge is 2.26. The van der Waals surface area contributed by atoms with E-state index in [0.29, 0.717) is 5.56 Å². The second-order valence-electron chi connectivity index (χ2n) is 7.98. The Morgan fingerprint density at radius 3 is 1.90 bits per heavy atom. The van der Waals surface area contributed by atoms with Gasteiger partial charge in [0.1, 0.15) is 0 Å². The van der Waals surface area contributed by atoms with E-state index < -0.39 is 0 Å². The summed E-state index contributed by atoms with van der Waals surface area (Å²) in [5.41, 5.74) is 6.35. The average Bonchev–Trinajstić information content (AvgIpc) is 2.97. The third-order valence-electron chi connectivity index (χ3n) is 6.04. The zero-order valence-corrected chi connectivity index (χ0v) is 18.3. The van der Waals surface area contributed by atoms with Crippen LogP contribution in [-0.4, -0.2) is 37.1 Å². The molecule has 0 bridgehead atoms. The van der Waals surface area contributed by atoms with Crippen LogP contribution in [0.1, 0.15) is 27.0 Å². The maximum Gasteiger partial charge on any atom is 0.262 e. The van der Waals surface area contributed by atoms with Gasteiger partial charge in [-0.25, -0.2) is 0 Å². The van der Waals surface area contributed by atoms with E-state index in [9.17, 15) is 4.79 Å². The number of anilines is 2. The van der Waals surface area contributed by atoms with Crippen LogP contribution in [0, 0.1) is 0 Å². The van der Waals surface area contributed by atoms with Crippen LogP contribution in [0.5, 0.6) is 0 Å². The Kier molecular flexibility index (Phi) is 6.71. The number of amides is 1. The van der Waals surface area contributed by atoms with Crippen LogP contribution in [0.25, 0.3) is 0 Å². The summed E-state index contributed by atoms with van der Waals surface area (Å²) in [6, 6.07) is 24.6. The third kappa shape index (κ3) is 4.52. The molecular formula is C26H27ClN2O2. The van der Waals surface area contributed by atoms with Crippen LogP contribution in [-0.2, 0) is 24.1 Å². The summed E-state index contributed by atoms with van der Waals surface area (Å²) < 4.78 is 5.43. The van der Waals surface area contributed by atoms with Crippen LogP contribution < -0.4 is 4.90 Å². The maximum atomic E-state index is 13.7. The van der Waals surface area contributed by atoms with Crippen LogP contribution in [0.4, 0.5) is 11.4 Å². The van der Waals surface area contributed by atoms with Crippen molar-refractivity contribution in [1.29, 1.82) is 0 Å². The number of carbonyl (C=O) groups is 1. The number of aryl methyl sites for hydroxylation is 2. The van der Waals surface area contributed by atoms with Crippen LogP contribution in [0.15, 0.2) is 72.8 Å². The molecule has 31 heavy (non-hydrogen) atoms. The molecular weight excluding hydrogens is 408 g/mol. The molecule has 0 radical (unpaired) electrons. The molecule has 5 heteroatoms. The van der Waals surface area contributed by atoms with Crippen molar-refractivity contribution in [3.8, 4) is 0 Å². The lowest BCUT2D eigenvalue weighted by Gasteiger charge is -2.27. The van der Waals surface area contributed by atoms with Gasteiger partial charge in [-0.2, -0.15) is 0 Å². The highest BCUT2D eigenvalue weighted by atomic mass is 35.5. The Bertz CT molecular complexity index is 998. The molecule has 0 aromatic heterocycles. The quantitative estimate of drug-likeness (QED) is 0.580. The van der Waals surface area contributed by atoms with E-state index in [0.717, 1.165) is 57.1 Å². The topological polar surface area (TPSA) is 32.8 Å². The zero-order chi connectivity index (χ0) is 20.3. The van der Waals surface area contributed by atoms with Gasteiger partial charge in [-0.15, -0.1) is 12.4 Å². The molecule has 0 unspecified atom stereocenters. The molecule has 1 saturated heterocycles. The predicted molar refractivity (Wildman–Crippen MR) is 127 cm³/mol. The summed E-state index contributed by atoms with van der Waals surface area (Å²) in [5.74, 6) is 0.0229. The first kappa shape index (κ1) is 21.6. The number of nitrogens with zero attached hydrogens (tertiary/aromatic N) is 2. The first-order chi connectivity index (χ1) is 14.8. The number of rotatable bonds is 3. The number of benzene rings is 3. The molecule has 2 heterocycles. The Morgan fingerprint density at radius 2 is 1.32 bits per heavy atom. The maximum absolute atomic E-state index is 13.7. The molecule has 2 aliphatic heterocycles. The SMILES string of the molecule is Cl.O=C(c1ccc(CN2CCOCC2)cc1)N1c2ccccc2CCc2ccccc21. The van der Waals surface area contributed by atoms with Crippen LogP contribution in [0.2, 0.25) is 0 Å². The van der Waals surface area contributed by atoms with Crippen molar-refractivity contribution >= 4 is 29.7 Å². The zero-order valence-electron chi connectivity index (χ0n) is 17.5. The van der Waals surface area contributed by atoms with Crippen molar-refractivity contribution in [3.63, 3.8) is 0 Å². The normalized spacial score (nSPS) is 15.9. The van der Waals surface area contributed by atoms with Crippen LogP contribution in [0.3, 0.4) is 0 Å². The second-order valence-corrected chi connectivity index (χ2v) is 7.98. The first-order valence-corrected chi connectivity index (χ1v) is 10.7. The van der Waals surface area contributed by atoms with E-state index in [1.54, 1.807) is 0 Å². The van der Waals surface area contributed by atoms with Crippen LogP contribution >= 0.6 is 12.4 Å². The van der Waals surface area contributed by atoms with E-state index in [2.05, 4.69) is 53.4 Å². The fourth-order valence-corrected chi connectivity index (χ4v) is 4.40. The fourth-order valence-electron chi connectivity index (χ4n) is 4.40. The number of morpholine rings is 1. The lowest BCUT2D eigenvalue weighted by atomic mass is 10.0. The molecule has 160 valence electrons. The molecule has 0 saturated carbocycles. The molecule has 1 amide bonds. The van der Waals surface area contributed by atoms with E-state index >= 15 is 0 Å². The largest absolute Gasteiger partial charge is 0.379 e. The number of ether oxygens (including phenoxy) is 1. The number of fused-ring (bicyclic) bond motifs is 2. The molecule has 0 spiro atoms. The van der Waals surface area contributed by atoms with Gasteiger partial charge in [0.15, 0.2) is 0 Å². The van der Waals surface area contributed by atoms with E-state index in [-0.39, 0.29) is 18.3 Å². The predicted octanol–water partition coefficient (Wildman–Crippen LogP) is 5.02. The Balaban J connectivity index is 0.00000231. The van der Waals surface area contributed by atoms with Crippen molar-refractivity contribution in [2.24, 2.45) is 0 Å². The molecule has 3 aromatic carbocycles. The smallest absolute Gasteiger partial charge is 0.262 e. The Morgan fingerprint density at radius 1 is 0.774 bits per heavy atom. The van der Waals surface area contributed by atoms with E-state index in [4.69, 9.17) is 4.74 Å². The van der Waals surface area contributed by atoms with Gasteiger partial charge in [0.2, 0.25) is 0 Å². The highest BCUT2D eigenvalue weighted by Crippen LogP contribution is 2.37. The van der Waals surface area contributed by atoms with E-state index in [1.165, 1.54) is 16.7 Å². The fraction of sp³-hybridized carbons (Fsp3) is 0.269. The van der Waals surface area contributed by atoms with Crippen molar-refractivity contribution in [1.82, 2.24) is 4.90 Å². The molecule has 5 rings (SSSR count). The second kappa shape index (κ2) is 9.65. The number of hydrogen-bond acceptors (Lipinski definition) is 3. The number of carbonyl (C=O) groups excluding carboxylic acids is 1.